The third-order valence-corrected chi connectivity index (χ3v) is 3.62. The van der Waals surface area contributed by atoms with Gasteiger partial charge in [0.25, 0.3) is 5.22 Å². The highest BCUT2D eigenvalue weighted by Gasteiger charge is 2.15. The molecule has 0 fully saturated rings. The number of carbonyl (C=O) groups is 1. The Hall–Kier alpha value is -1.83. The molecule has 0 radical (unpaired) electrons. The van der Waals surface area contributed by atoms with Gasteiger partial charge in [0, 0.05) is 20.0 Å². The first-order chi connectivity index (χ1) is 9.95. The lowest BCUT2D eigenvalue weighted by atomic mass is 10.1. The van der Waals surface area contributed by atoms with Crippen LogP contribution in [0.5, 0.6) is 0 Å². The molecule has 0 aliphatic heterocycles. The minimum atomic E-state index is -0.0432. The van der Waals surface area contributed by atoms with Gasteiger partial charge >= 0.3 is 0 Å². The summed E-state index contributed by atoms with van der Waals surface area (Å²) in [6.45, 7) is 6.18. The molecule has 1 amide bonds. The van der Waals surface area contributed by atoms with Gasteiger partial charge in [-0.1, -0.05) is 30.8 Å². The second-order valence-electron chi connectivity index (χ2n) is 5.00. The lowest BCUT2D eigenvalue weighted by Crippen LogP contribution is -2.27. The Morgan fingerprint density at radius 1 is 1.43 bits per heavy atom. The molecule has 21 heavy (non-hydrogen) atoms. The molecule has 0 N–H and O–H groups in total. The molecule has 0 bridgehead atoms. The van der Waals surface area contributed by atoms with Crippen LogP contribution >= 0.6 is 11.8 Å². The lowest BCUT2D eigenvalue weighted by Gasteiger charge is -2.14. The van der Waals surface area contributed by atoms with Crippen molar-refractivity contribution >= 4 is 17.7 Å². The van der Waals surface area contributed by atoms with E-state index in [1.165, 1.54) is 11.8 Å². The molecular weight excluding hydrogens is 292 g/mol. The molecule has 0 saturated heterocycles. The fourth-order valence-corrected chi connectivity index (χ4v) is 2.31. The Morgan fingerprint density at radius 2 is 2.19 bits per heavy atom. The minimum Gasteiger partial charge on any atom is -0.416 e. The summed E-state index contributed by atoms with van der Waals surface area (Å²) in [6.07, 6.45) is 0. The molecule has 114 valence electrons. The van der Waals surface area contributed by atoms with Crippen LogP contribution < -0.4 is 0 Å². The van der Waals surface area contributed by atoms with Crippen molar-refractivity contribution in [3.8, 4) is 0 Å². The summed E-state index contributed by atoms with van der Waals surface area (Å²) >= 11 is 1.22. The van der Waals surface area contributed by atoms with E-state index in [-0.39, 0.29) is 11.7 Å². The van der Waals surface area contributed by atoms with Crippen molar-refractivity contribution in [1.82, 2.24) is 20.3 Å². The number of carbonyl (C=O) groups excluding carboxylic acids is 1. The standard InChI is InChI=1S/C13H18N4O3S/c1-8(2)11-5-10(20-16-11)6-17(4)12(18)7-21-13-15-14-9(3)19-13/h5,8H,6-7H2,1-4H3. The van der Waals surface area contributed by atoms with Crippen LogP contribution in [0.2, 0.25) is 0 Å². The fraction of sp³-hybridized carbons (Fsp3) is 0.538. The molecule has 2 aromatic rings. The first-order valence-electron chi connectivity index (χ1n) is 6.58. The number of thioether (sulfide) groups is 1. The molecule has 0 unspecified atom stereocenters. The highest BCUT2D eigenvalue weighted by Crippen LogP contribution is 2.18. The van der Waals surface area contributed by atoms with Crippen LogP contribution in [-0.4, -0.2) is 39.0 Å². The van der Waals surface area contributed by atoms with E-state index in [0.717, 1.165) is 5.69 Å². The maximum absolute atomic E-state index is 12.0. The van der Waals surface area contributed by atoms with Crippen LogP contribution in [0.25, 0.3) is 0 Å². The summed E-state index contributed by atoms with van der Waals surface area (Å²) in [5.41, 5.74) is 0.890. The van der Waals surface area contributed by atoms with Gasteiger partial charge in [0.15, 0.2) is 5.76 Å². The van der Waals surface area contributed by atoms with Crippen molar-refractivity contribution in [3.05, 3.63) is 23.4 Å². The molecule has 8 heteroatoms. The van der Waals surface area contributed by atoms with Gasteiger partial charge in [-0.15, -0.1) is 10.2 Å². The maximum Gasteiger partial charge on any atom is 0.277 e. The summed E-state index contributed by atoms with van der Waals surface area (Å²) in [6, 6.07) is 1.88. The predicted molar refractivity (Wildman–Crippen MR) is 76.8 cm³/mol. The maximum atomic E-state index is 12.0. The summed E-state index contributed by atoms with van der Waals surface area (Å²) in [4.78, 5) is 13.6. The Balaban J connectivity index is 1.84. The van der Waals surface area contributed by atoms with Crippen molar-refractivity contribution in [2.45, 2.75) is 38.5 Å². The number of aryl methyl sites for hydroxylation is 1. The summed E-state index contributed by atoms with van der Waals surface area (Å²) in [7, 11) is 1.72. The number of hydrogen-bond acceptors (Lipinski definition) is 7. The van der Waals surface area contributed by atoms with Crippen LogP contribution in [0.1, 0.15) is 37.1 Å². The summed E-state index contributed by atoms with van der Waals surface area (Å²) in [5.74, 6) is 1.66. The van der Waals surface area contributed by atoms with E-state index in [9.17, 15) is 4.79 Å². The van der Waals surface area contributed by atoms with Crippen LogP contribution in [0.4, 0.5) is 0 Å². The Morgan fingerprint density at radius 3 is 2.76 bits per heavy atom. The van der Waals surface area contributed by atoms with Crippen LogP contribution in [0, 0.1) is 6.92 Å². The monoisotopic (exact) mass is 310 g/mol. The Bertz CT molecular complexity index is 608. The van der Waals surface area contributed by atoms with Gasteiger partial charge in [0.05, 0.1) is 18.0 Å². The number of nitrogens with zero attached hydrogens (tertiary/aromatic N) is 4. The predicted octanol–water partition coefficient (Wildman–Crippen LogP) is 2.24. The van der Waals surface area contributed by atoms with Gasteiger partial charge in [-0.2, -0.15) is 0 Å². The molecule has 7 nitrogen and oxygen atoms in total. The molecule has 0 aliphatic rings. The average molecular weight is 310 g/mol. The molecule has 2 rings (SSSR count). The quantitative estimate of drug-likeness (QED) is 0.756. The van der Waals surface area contributed by atoms with Crippen molar-refractivity contribution in [2.75, 3.05) is 12.8 Å². The van der Waals surface area contributed by atoms with E-state index in [1.807, 2.05) is 19.9 Å². The van der Waals surface area contributed by atoms with Crippen molar-refractivity contribution in [3.63, 3.8) is 0 Å². The summed E-state index contributed by atoms with van der Waals surface area (Å²) in [5, 5.41) is 11.9. The van der Waals surface area contributed by atoms with E-state index >= 15 is 0 Å². The third kappa shape index (κ3) is 4.32. The zero-order valence-electron chi connectivity index (χ0n) is 12.5. The van der Waals surface area contributed by atoms with Gasteiger partial charge in [-0.05, 0) is 5.92 Å². The second kappa shape index (κ2) is 6.75. The Labute approximate surface area is 127 Å². The number of hydrogen-bond donors (Lipinski definition) is 0. The Kier molecular flexibility index (Phi) is 5.00. The molecule has 0 atom stereocenters. The van der Waals surface area contributed by atoms with E-state index < -0.39 is 0 Å². The fourth-order valence-electron chi connectivity index (χ4n) is 1.57. The van der Waals surface area contributed by atoms with Crippen LogP contribution in [0.15, 0.2) is 20.2 Å². The number of aromatic nitrogens is 3. The van der Waals surface area contributed by atoms with Gasteiger partial charge < -0.3 is 13.8 Å². The second-order valence-corrected chi connectivity index (χ2v) is 5.92. The third-order valence-electron chi connectivity index (χ3n) is 2.81. The molecule has 0 aromatic carbocycles. The number of amides is 1. The average Bonchev–Trinajstić information content (AvgIpc) is 3.05. The highest BCUT2D eigenvalue weighted by atomic mass is 32.2. The smallest absolute Gasteiger partial charge is 0.277 e. The highest BCUT2D eigenvalue weighted by molar-refractivity contribution is 7.99. The normalized spacial score (nSPS) is 11.1. The van der Waals surface area contributed by atoms with Crippen LogP contribution in [-0.2, 0) is 11.3 Å². The SMILES string of the molecule is Cc1nnc(SCC(=O)N(C)Cc2cc(C(C)C)no2)o1. The van der Waals surface area contributed by atoms with Crippen molar-refractivity contribution in [1.29, 1.82) is 0 Å². The molecular formula is C13H18N4O3S. The summed E-state index contributed by atoms with van der Waals surface area (Å²) < 4.78 is 10.4. The molecule has 0 aliphatic carbocycles. The number of rotatable bonds is 6. The molecule has 0 spiro atoms. The van der Waals surface area contributed by atoms with E-state index in [4.69, 9.17) is 8.94 Å². The van der Waals surface area contributed by atoms with Gasteiger partial charge in [0.1, 0.15) is 0 Å². The molecule has 0 saturated carbocycles. The first-order valence-corrected chi connectivity index (χ1v) is 7.56. The minimum absolute atomic E-state index is 0.0432. The van der Waals surface area contributed by atoms with Crippen molar-refractivity contribution in [2.24, 2.45) is 0 Å². The van der Waals surface area contributed by atoms with Crippen LogP contribution in [0.3, 0.4) is 0 Å². The molecule has 2 heterocycles. The van der Waals surface area contributed by atoms with E-state index in [2.05, 4.69) is 15.4 Å². The zero-order chi connectivity index (χ0) is 15.4. The largest absolute Gasteiger partial charge is 0.416 e. The van der Waals surface area contributed by atoms with Gasteiger partial charge in [-0.25, -0.2) is 0 Å². The van der Waals surface area contributed by atoms with Crippen molar-refractivity contribution < 1.29 is 13.7 Å². The lowest BCUT2D eigenvalue weighted by molar-refractivity contribution is -0.127. The first kappa shape index (κ1) is 15.6. The van der Waals surface area contributed by atoms with E-state index in [0.29, 0.717) is 29.3 Å². The topological polar surface area (TPSA) is 85.3 Å². The molecule has 2 aromatic heterocycles. The van der Waals surface area contributed by atoms with E-state index in [1.54, 1.807) is 18.9 Å². The van der Waals surface area contributed by atoms with Gasteiger partial charge in [-0.3, -0.25) is 4.79 Å². The zero-order valence-corrected chi connectivity index (χ0v) is 13.3. The van der Waals surface area contributed by atoms with Gasteiger partial charge in [0.2, 0.25) is 11.8 Å².